The summed E-state index contributed by atoms with van der Waals surface area (Å²) in [6.07, 6.45) is 9.43. The highest BCUT2D eigenvalue weighted by Crippen LogP contribution is 2.45. The molecular weight excluding hydrogens is 515 g/mol. The van der Waals surface area contributed by atoms with Gasteiger partial charge in [-0.2, -0.15) is 0 Å². The number of para-hydroxylation sites is 2. The third kappa shape index (κ3) is 4.99. The van der Waals surface area contributed by atoms with Crippen molar-refractivity contribution in [3.63, 3.8) is 0 Å². The Labute approximate surface area is 242 Å². The third-order valence-electron chi connectivity index (χ3n) is 11.0. The number of imidazole rings is 1. The van der Waals surface area contributed by atoms with Gasteiger partial charge in [-0.25, -0.2) is 9.37 Å². The van der Waals surface area contributed by atoms with Crippen LogP contribution in [0, 0.1) is 24.1 Å². The average Bonchev–Trinajstić information content (AvgIpc) is 3.58. The lowest BCUT2D eigenvalue weighted by Crippen LogP contribution is -2.47. The summed E-state index contributed by atoms with van der Waals surface area (Å²) in [6.45, 7) is 5.47. The van der Waals surface area contributed by atoms with Gasteiger partial charge in [-0.05, 0) is 81.2 Å². The van der Waals surface area contributed by atoms with E-state index < -0.39 is 11.4 Å². The quantitative estimate of drug-likeness (QED) is 0.364. The van der Waals surface area contributed by atoms with Crippen LogP contribution in [-0.2, 0) is 4.79 Å². The summed E-state index contributed by atoms with van der Waals surface area (Å²) in [5.41, 5.74) is 2.76. The van der Waals surface area contributed by atoms with E-state index in [1.165, 1.54) is 24.4 Å². The molecule has 218 valence electrons. The molecule has 1 aliphatic carbocycles. The van der Waals surface area contributed by atoms with E-state index in [9.17, 15) is 14.3 Å². The molecule has 0 amide bonds. The SMILES string of the molecule is Cc1nc2ccccc2n1[C@@H]1C[C@H]2CC[C@@H](C1)N2C[C@H]1CN(CC2(C(=O)O)CCCCC2)C[C@@H]1c1cccc(F)c1. The summed E-state index contributed by atoms with van der Waals surface area (Å²) in [5, 5.41) is 10.3. The van der Waals surface area contributed by atoms with Crippen molar-refractivity contribution in [3.05, 3.63) is 65.7 Å². The van der Waals surface area contributed by atoms with Gasteiger partial charge in [-0.3, -0.25) is 9.69 Å². The Morgan fingerprint density at radius 3 is 2.49 bits per heavy atom. The molecule has 5 atom stereocenters. The second-order valence-corrected chi connectivity index (χ2v) is 13.5. The van der Waals surface area contributed by atoms with Crippen molar-refractivity contribution in [2.24, 2.45) is 11.3 Å². The number of carbonyl (C=O) groups is 1. The third-order valence-corrected chi connectivity index (χ3v) is 11.0. The van der Waals surface area contributed by atoms with Gasteiger partial charge in [-0.15, -0.1) is 0 Å². The van der Waals surface area contributed by atoms with Crippen LogP contribution in [0.2, 0.25) is 0 Å². The smallest absolute Gasteiger partial charge is 0.310 e. The van der Waals surface area contributed by atoms with Crippen molar-refractivity contribution >= 4 is 17.0 Å². The second-order valence-electron chi connectivity index (χ2n) is 13.5. The fraction of sp³-hybridized carbons (Fsp3) is 0.588. The number of rotatable bonds is 7. The largest absolute Gasteiger partial charge is 0.481 e. The van der Waals surface area contributed by atoms with Crippen LogP contribution in [-0.4, -0.2) is 68.7 Å². The van der Waals surface area contributed by atoms with Crippen LogP contribution < -0.4 is 0 Å². The molecule has 2 aromatic carbocycles. The van der Waals surface area contributed by atoms with Gasteiger partial charge < -0.3 is 14.6 Å². The zero-order valence-corrected chi connectivity index (χ0v) is 24.2. The van der Waals surface area contributed by atoms with E-state index in [0.29, 0.717) is 30.6 Å². The molecule has 41 heavy (non-hydrogen) atoms. The molecule has 3 saturated heterocycles. The highest BCUT2D eigenvalue weighted by molar-refractivity contribution is 5.76. The molecule has 6 nitrogen and oxygen atoms in total. The van der Waals surface area contributed by atoms with Crippen molar-refractivity contribution in [2.75, 3.05) is 26.2 Å². The van der Waals surface area contributed by atoms with E-state index in [1.54, 1.807) is 6.07 Å². The van der Waals surface area contributed by atoms with Crippen molar-refractivity contribution < 1.29 is 14.3 Å². The Bertz CT molecular complexity index is 1400. The highest BCUT2D eigenvalue weighted by Gasteiger charge is 2.47. The molecule has 0 spiro atoms. The van der Waals surface area contributed by atoms with E-state index in [2.05, 4.69) is 51.6 Å². The van der Waals surface area contributed by atoms with Gasteiger partial charge in [0.1, 0.15) is 11.6 Å². The molecule has 7 heteroatoms. The van der Waals surface area contributed by atoms with Crippen molar-refractivity contribution in [3.8, 4) is 0 Å². The van der Waals surface area contributed by atoms with Crippen LogP contribution in [0.1, 0.15) is 81.1 Å². The van der Waals surface area contributed by atoms with Crippen LogP contribution >= 0.6 is 0 Å². The zero-order chi connectivity index (χ0) is 28.1. The Morgan fingerprint density at radius 2 is 1.76 bits per heavy atom. The minimum Gasteiger partial charge on any atom is -0.481 e. The van der Waals surface area contributed by atoms with Gasteiger partial charge in [0.15, 0.2) is 0 Å². The number of aliphatic carboxylic acids is 1. The van der Waals surface area contributed by atoms with Crippen molar-refractivity contribution in [1.82, 2.24) is 19.4 Å². The number of aryl methyl sites for hydroxylation is 1. The lowest BCUT2D eigenvalue weighted by Gasteiger charge is -2.42. The Morgan fingerprint density at radius 1 is 1.00 bits per heavy atom. The van der Waals surface area contributed by atoms with Gasteiger partial charge in [0.2, 0.25) is 0 Å². The first kappa shape index (κ1) is 27.1. The zero-order valence-electron chi connectivity index (χ0n) is 24.2. The Hall–Kier alpha value is -2.77. The first-order valence-electron chi connectivity index (χ1n) is 15.8. The Kier molecular flexibility index (Phi) is 7.14. The number of fused-ring (bicyclic) bond motifs is 3. The molecule has 7 rings (SSSR count). The predicted octanol–water partition coefficient (Wildman–Crippen LogP) is 6.40. The number of hydrogen-bond acceptors (Lipinski definition) is 4. The maximum Gasteiger partial charge on any atom is 0.310 e. The number of likely N-dealkylation sites (tertiary alicyclic amines) is 1. The minimum atomic E-state index is -0.636. The molecule has 0 radical (unpaired) electrons. The van der Waals surface area contributed by atoms with E-state index in [4.69, 9.17) is 4.98 Å². The molecular formula is C34H43FN4O2. The molecule has 4 aliphatic rings. The summed E-state index contributed by atoms with van der Waals surface area (Å²) < 4.78 is 16.9. The topological polar surface area (TPSA) is 61.6 Å². The number of benzene rings is 2. The second kappa shape index (κ2) is 10.8. The first-order chi connectivity index (χ1) is 19.9. The molecule has 3 aliphatic heterocycles. The monoisotopic (exact) mass is 558 g/mol. The first-order valence-corrected chi connectivity index (χ1v) is 15.8. The van der Waals surface area contributed by atoms with Crippen LogP contribution in [0.4, 0.5) is 4.39 Å². The minimum absolute atomic E-state index is 0.183. The molecule has 2 bridgehead atoms. The number of aromatic nitrogens is 2. The molecule has 3 aromatic rings. The van der Waals surface area contributed by atoms with Gasteiger partial charge in [0.25, 0.3) is 0 Å². The number of nitrogens with zero attached hydrogens (tertiary/aromatic N) is 4. The standard InChI is InChI=1S/C34H43FN4O2/c1-23-36-31-10-3-4-11-32(31)39(23)29-17-27-12-13-28(18-29)38(27)20-25-19-37(21-30(25)24-8-7-9-26(35)16-24)22-34(33(40)41)14-5-2-6-15-34/h3-4,7-11,16,25,27-30H,2,5-6,12-15,17-22H2,1H3,(H,40,41)/t25-,27-,28+,29-,30-/m1/s1. The lowest BCUT2D eigenvalue weighted by atomic mass is 9.73. The van der Waals surface area contributed by atoms with E-state index in [0.717, 1.165) is 81.5 Å². The van der Waals surface area contributed by atoms with Crippen LogP contribution in [0.5, 0.6) is 0 Å². The van der Waals surface area contributed by atoms with Gasteiger partial charge in [-0.1, -0.05) is 43.5 Å². The van der Waals surface area contributed by atoms with Gasteiger partial charge in [0.05, 0.1) is 16.4 Å². The van der Waals surface area contributed by atoms with Gasteiger partial charge >= 0.3 is 5.97 Å². The van der Waals surface area contributed by atoms with Crippen LogP contribution in [0.3, 0.4) is 0 Å². The lowest BCUT2D eigenvalue weighted by molar-refractivity contribution is -0.152. The van der Waals surface area contributed by atoms with Crippen LogP contribution in [0.15, 0.2) is 48.5 Å². The summed E-state index contributed by atoms with van der Waals surface area (Å²) in [6, 6.07) is 17.2. The highest BCUT2D eigenvalue weighted by atomic mass is 19.1. The molecule has 4 fully saturated rings. The fourth-order valence-corrected chi connectivity index (χ4v) is 9.14. The molecule has 1 aromatic heterocycles. The number of carboxylic acids is 1. The Balaban J connectivity index is 1.11. The number of halogens is 1. The predicted molar refractivity (Wildman–Crippen MR) is 158 cm³/mol. The number of hydrogen-bond donors (Lipinski definition) is 1. The summed E-state index contributed by atoms with van der Waals surface area (Å²) in [7, 11) is 0. The molecule has 0 unspecified atom stereocenters. The average molecular weight is 559 g/mol. The fourth-order valence-electron chi connectivity index (χ4n) is 9.14. The molecule has 4 heterocycles. The molecule has 1 N–H and O–H groups in total. The van der Waals surface area contributed by atoms with Gasteiger partial charge in [0, 0.05) is 50.2 Å². The normalized spacial score (nSPS) is 30.2. The number of piperidine rings is 1. The number of carboxylic acid groups (broad SMARTS) is 1. The summed E-state index contributed by atoms with van der Waals surface area (Å²) in [5.74, 6) is 0.874. The maximum absolute atomic E-state index is 14.4. The van der Waals surface area contributed by atoms with E-state index in [1.807, 2.05) is 6.07 Å². The molecule has 1 saturated carbocycles. The van der Waals surface area contributed by atoms with Crippen molar-refractivity contribution in [1.29, 1.82) is 0 Å². The van der Waals surface area contributed by atoms with Crippen LogP contribution in [0.25, 0.3) is 11.0 Å². The summed E-state index contributed by atoms with van der Waals surface area (Å²) in [4.78, 5) is 22.5. The van der Waals surface area contributed by atoms with E-state index in [-0.39, 0.29) is 11.7 Å². The van der Waals surface area contributed by atoms with E-state index >= 15 is 0 Å². The maximum atomic E-state index is 14.4. The van der Waals surface area contributed by atoms with Crippen molar-refractivity contribution in [2.45, 2.75) is 88.8 Å². The summed E-state index contributed by atoms with van der Waals surface area (Å²) >= 11 is 0.